The monoisotopic (exact) mass is 291 g/mol. The van der Waals surface area contributed by atoms with Crippen LogP contribution in [0.5, 0.6) is 0 Å². The number of aryl methyl sites for hydroxylation is 1. The maximum Gasteiger partial charge on any atom is 0.333 e. The first-order valence-electron chi connectivity index (χ1n) is 5.73. The van der Waals surface area contributed by atoms with Gasteiger partial charge in [-0.3, -0.25) is 4.68 Å². The van der Waals surface area contributed by atoms with Crippen LogP contribution < -0.4 is 5.32 Å². The highest BCUT2D eigenvalue weighted by atomic mass is 35.5. The summed E-state index contributed by atoms with van der Waals surface area (Å²) >= 11 is 0. The molecule has 0 saturated heterocycles. The lowest BCUT2D eigenvalue weighted by molar-refractivity contribution is 0.0561. The molecule has 0 aromatic carbocycles. The van der Waals surface area contributed by atoms with E-state index in [9.17, 15) is 8.78 Å². The Kier molecular flexibility index (Phi) is 5.91. The van der Waals surface area contributed by atoms with Gasteiger partial charge in [0.05, 0.1) is 11.9 Å². The molecular formula is C11H16ClF2N5. The van der Waals surface area contributed by atoms with Crippen LogP contribution in [0.1, 0.15) is 24.7 Å². The van der Waals surface area contributed by atoms with Crippen molar-refractivity contribution in [1.29, 1.82) is 0 Å². The average Bonchev–Trinajstić information content (AvgIpc) is 2.97. The van der Waals surface area contributed by atoms with E-state index in [-0.39, 0.29) is 12.4 Å². The van der Waals surface area contributed by atoms with Crippen LogP contribution >= 0.6 is 12.4 Å². The second-order valence-corrected chi connectivity index (χ2v) is 3.87. The smallest absolute Gasteiger partial charge is 0.307 e. The quantitative estimate of drug-likeness (QED) is 0.888. The summed E-state index contributed by atoms with van der Waals surface area (Å²) in [6.07, 6.45) is 5.01. The fraction of sp³-hybridized carbons (Fsp3) is 0.455. The van der Waals surface area contributed by atoms with Crippen molar-refractivity contribution in [3.8, 4) is 0 Å². The molecule has 2 heterocycles. The molecule has 0 aliphatic carbocycles. The minimum absolute atomic E-state index is 0. The zero-order chi connectivity index (χ0) is 13.0. The Bertz CT molecular complexity index is 497. The first-order chi connectivity index (χ1) is 8.69. The third-order valence-electron chi connectivity index (χ3n) is 2.51. The molecule has 2 rings (SSSR count). The molecule has 8 heteroatoms. The molecule has 0 unspecified atom stereocenters. The Morgan fingerprint density at radius 2 is 2.16 bits per heavy atom. The molecule has 0 spiro atoms. The summed E-state index contributed by atoms with van der Waals surface area (Å²) in [6.45, 7) is 1.36. The summed E-state index contributed by atoms with van der Waals surface area (Å²) < 4.78 is 27.0. The predicted molar refractivity (Wildman–Crippen MR) is 69.2 cm³/mol. The number of nitrogens with zero attached hydrogens (tertiary/aromatic N) is 4. The molecule has 0 bridgehead atoms. The fourth-order valence-electron chi connectivity index (χ4n) is 1.59. The van der Waals surface area contributed by atoms with E-state index in [4.69, 9.17) is 0 Å². The lowest BCUT2D eigenvalue weighted by Crippen LogP contribution is -2.13. The van der Waals surface area contributed by atoms with E-state index in [0.717, 1.165) is 12.1 Å². The third kappa shape index (κ3) is 4.29. The number of aromatic nitrogens is 4. The summed E-state index contributed by atoms with van der Waals surface area (Å²) in [5.74, 6) is 0. The van der Waals surface area contributed by atoms with E-state index in [1.54, 1.807) is 12.3 Å². The Morgan fingerprint density at radius 1 is 1.37 bits per heavy atom. The molecule has 0 atom stereocenters. The van der Waals surface area contributed by atoms with Gasteiger partial charge in [-0.05, 0) is 13.0 Å². The summed E-state index contributed by atoms with van der Waals surface area (Å²) in [6, 6.07) is 1.58. The highest BCUT2D eigenvalue weighted by Crippen LogP contribution is 2.08. The van der Waals surface area contributed by atoms with Crippen LogP contribution in [-0.4, -0.2) is 19.6 Å². The molecule has 0 fully saturated rings. The van der Waals surface area contributed by atoms with Gasteiger partial charge in [0, 0.05) is 37.6 Å². The largest absolute Gasteiger partial charge is 0.333 e. The second-order valence-electron chi connectivity index (χ2n) is 3.87. The van der Waals surface area contributed by atoms with Gasteiger partial charge in [-0.2, -0.15) is 19.0 Å². The minimum atomic E-state index is -2.58. The first-order valence-corrected chi connectivity index (χ1v) is 5.73. The second kappa shape index (κ2) is 7.20. The first kappa shape index (κ1) is 15.6. The van der Waals surface area contributed by atoms with Gasteiger partial charge >= 0.3 is 6.55 Å². The zero-order valence-corrected chi connectivity index (χ0v) is 11.3. The molecule has 0 radical (unpaired) electrons. The minimum Gasteiger partial charge on any atom is -0.307 e. The zero-order valence-electron chi connectivity index (χ0n) is 10.5. The Hall–Kier alpha value is -1.47. The number of halogens is 3. The highest BCUT2D eigenvalue weighted by Gasteiger charge is 2.07. The maximum atomic E-state index is 12.3. The van der Waals surface area contributed by atoms with Crippen molar-refractivity contribution in [2.24, 2.45) is 0 Å². The van der Waals surface area contributed by atoms with Crippen LogP contribution in [-0.2, 0) is 19.6 Å². The Morgan fingerprint density at radius 3 is 2.74 bits per heavy atom. The SMILES string of the molecule is CCn1cc(CNCc2ccn(C(F)F)n2)cn1.Cl. The fourth-order valence-corrected chi connectivity index (χ4v) is 1.59. The van der Waals surface area contributed by atoms with E-state index in [1.165, 1.54) is 6.20 Å². The molecular weight excluding hydrogens is 276 g/mol. The van der Waals surface area contributed by atoms with Crippen molar-refractivity contribution >= 4 is 12.4 Å². The number of hydrogen-bond acceptors (Lipinski definition) is 3. The van der Waals surface area contributed by atoms with E-state index < -0.39 is 6.55 Å². The highest BCUT2D eigenvalue weighted by molar-refractivity contribution is 5.85. The molecule has 5 nitrogen and oxygen atoms in total. The van der Waals surface area contributed by atoms with Crippen LogP contribution in [0.4, 0.5) is 8.78 Å². The van der Waals surface area contributed by atoms with E-state index in [2.05, 4.69) is 15.5 Å². The summed E-state index contributed by atoms with van der Waals surface area (Å²) in [4.78, 5) is 0. The van der Waals surface area contributed by atoms with Gasteiger partial charge in [0.2, 0.25) is 0 Å². The number of alkyl halides is 2. The lowest BCUT2D eigenvalue weighted by Gasteiger charge is -2.00. The van der Waals surface area contributed by atoms with Crippen molar-refractivity contribution in [2.75, 3.05) is 0 Å². The number of rotatable bonds is 6. The lowest BCUT2D eigenvalue weighted by atomic mass is 10.3. The molecule has 19 heavy (non-hydrogen) atoms. The Balaban J connectivity index is 0.00000180. The van der Waals surface area contributed by atoms with Crippen LogP contribution in [0.3, 0.4) is 0 Å². The van der Waals surface area contributed by atoms with Crippen molar-refractivity contribution in [2.45, 2.75) is 33.1 Å². The topological polar surface area (TPSA) is 47.7 Å². The molecule has 0 amide bonds. The van der Waals surface area contributed by atoms with Crippen molar-refractivity contribution in [3.63, 3.8) is 0 Å². The normalized spacial score (nSPS) is 10.7. The molecule has 106 valence electrons. The number of nitrogens with one attached hydrogen (secondary N) is 1. The third-order valence-corrected chi connectivity index (χ3v) is 2.51. The van der Waals surface area contributed by atoms with E-state index >= 15 is 0 Å². The van der Waals surface area contributed by atoms with Gasteiger partial charge in [-0.15, -0.1) is 12.4 Å². The molecule has 2 aromatic rings. The van der Waals surface area contributed by atoms with Gasteiger partial charge in [0.1, 0.15) is 0 Å². The molecule has 2 aromatic heterocycles. The summed E-state index contributed by atoms with van der Waals surface area (Å²) in [5.41, 5.74) is 1.66. The standard InChI is InChI=1S/C11H15F2N5.ClH/c1-2-17-8-9(6-15-17)5-14-7-10-3-4-18(16-10)11(12)13;/h3-4,6,8,11,14H,2,5,7H2,1H3;1H. The van der Waals surface area contributed by atoms with Gasteiger partial charge in [0.15, 0.2) is 0 Å². The molecule has 0 aliphatic heterocycles. The Labute approximate surface area is 116 Å². The average molecular weight is 292 g/mol. The molecule has 1 N–H and O–H groups in total. The van der Waals surface area contributed by atoms with Gasteiger partial charge in [0.25, 0.3) is 0 Å². The van der Waals surface area contributed by atoms with Gasteiger partial charge < -0.3 is 5.32 Å². The van der Waals surface area contributed by atoms with Crippen molar-refractivity contribution < 1.29 is 8.78 Å². The van der Waals surface area contributed by atoms with Crippen LogP contribution in [0.25, 0.3) is 0 Å². The summed E-state index contributed by atoms with van der Waals surface area (Å²) in [7, 11) is 0. The van der Waals surface area contributed by atoms with Crippen LogP contribution in [0.15, 0.2) is 24.7 Å². The van der Waals surface area contributed by atoms with Crippen LogP contribution in [0.2, 0.25) is 0 Å². The molecule has 0 aliphatic rings. The van der Waals surface area contributed by atoms with Crippen molar-refractivity contribution in [1.82, 2.24) is 24.9 Å². The van der Waals surface area contributed by atoms with Gasteiger partial charge in [-0.1, -0.05) is 0 Å². The number of hydrogen-bond donors (Lipinski definition) is 1. The van der Waals surface area contributed by atoms with Crippen molar-refractivity contribution in [3.05, 3.63) is 35.9 Å². The predicted octanol–water partition coefficient (Wildman–Crippen LogP) is 2.21. The molecule has 0 saturated carbocycles. The van der Waals surface area contributed by atoms with Crippen LogP contribution in [0, 0.1) is 0 Å². The van der Waals surface area contributed by atoms with E-state index in [0.29, 0.717) is 23.5 Å². The summed E-state index contributed by atoms with van der Waals surface area (Å²) in [5, 5.41) is 11.0. The maximum absolute atomic E-state index is 12.3. The van der Waals surface area contributed by atoms with E-state index in [1.807, 2.05) is 17.8 Å². The van der Waals surface area contributed by atoms with Gasteiger partial charge in [-0.25, -0.2) is 4.68 Å².